The number of rotatable bonds is 6. The highest BCUT2D eigenvalue weighted by atomic mass is 15.2. The van der Waals surface area contributed by atoms with Gasteiger partial charge in [0.05, 0.1) is 0 Å². The second kappa shape index (κ2) is 8.08. The molecular weight excluding hydrogens is 196 g/mol. The fraction of sp³-hybridized carbons (Fsp3) is 1.00. The molecule has 1 aliphatic rings. The first-order valence-electron chi connectivity index (χ1n) is 7.20. The number of nitrogens with zero attached hydrogens (tertiary/aromatic N) is 1. The van der Waals surface area contributed by atoms with E-state index in [1.165, 1.54) is 51.7 Å². The van der Waals surface area contributed by atoms with E-state index in [1.807, 2.05) is 0 Å². The molecule has 0 bridgehead atoms. The van der Waals surface area contributed by atoms with Gasteiger partial charge in [-0.15, -0.1) is 0 Å². The zero-order valence-electron chi connectivity index (χ0n) is 11.5. The molecule has 0 aromatic rings. The molecule has 16 heavy (non-hydrogen) atoms. The summed E-state index contributed by atoms with van der Waals surface area (Å²) in [7, 11) is 0. The Balaban J connectivity index is 2.26. The van der Waals surface area contributed by atoms with Crippen LogP contribution in [-0.4, -0.2) is 37.1 Å². The Labute approximate surface area is 102 Å². The molecule has 1 fully saturated rings. The van der Waals surface area contributed by atoms with Gasteiger partial charge in [0.1, 0.15) is 0 Å². The average Bonchev–Trinajstić information content (AvgIpc) is 2.56. The van der Waals surface area contributed by atoms with Crippen LogP contribution >= 0.6 is 0 Å². The standard InChI is InChI=1S/C14H30N2/c1-4-9-15-12-13(2)14(3)16-10-7-5-6-8-11-16/h13-15H,4-12H2,1-3H3. The lowest BCUT2D eigenvalue weighted by Crippen LogP contribution is -2.41. The fourth-order valence-electron chi connectivity index (χ4n) is 2.54. The van der Waals surface area contributed by atoms with Gasteiger partial charge in [-0.05, 0) is 58.3 Å². The highest BCUT2D eigenvalue weighted by molar-refractivity contribution is 4.76. The monoisotopic (exact) mass is 226 g/mol. The molecule has 2 atom stereocenters. The molecule has 1 N–H and O–H groups in total. The summed E-state index contributed by atoms with van der Waals surface area (Å²) in [6.07, 6.45) is 6.92. The van der Waals surface area contributed by atoms with E-state index in [2.05, 4.69) is 31.0 Å². The Morgan fingerprint density at radius 3 is 2.25 bits per heavy atom. The van der Waals surface area contributed by atoms with Gasteiger partial charge in [-0.3, -0.25) is 0 Å². The van der Waals surface area contributed by atoms with E-state index in [-0.39, 0.29) is 0 Å². The minimum absolute atomic E-state index is 0.738. The van der Waals surface area contributed by atoms with Gasteiger partial charge in [0.15, 0.2) is 0 Å². The van der Waals surface area contributed by atoms with Crippen molar-refractivity contribution in [3.8, 4) is 0 Å². The predicted octanol–water partition coefficient (Wildman–Crippen LogP) is 2.89. The Kier molecular flexibility index (Phi) is 7.06. The van der Waals surface area contributed by atoms with Crippen molar-refractivity contribution in [1.82, 2.24) is 10.2 Å². The highest BCUT2D eigenvalue weighted by Gasteiger charge is 2.20. The Morgan fingerprint density at radius 2 is 1.69 bits per heavy atom. The van der Waals surface area contributed by atoms with E-state index in [9.17, 15) is 0 Å². The van der Waals surface area contributed by atoms with Crippen LogP contribution in [0.4, 0.5) is 0 Å². The molecule has 0 aliphatic carbocycles. The van der Waals surface area contributed by atoms with Crippen molar-refractivity contribution in [2.75, 3.05) is 26.2 Å². The molecule has 0 saturated carbocycles. The lowest BCUT2D eigenvalue weighted by molar-refractivity contribution is 0.165. The number of hydrogen-bond acceptors (Lipinski definition) is 2. The van der Waals surface area contributed by atoms with Crippen LogP contribution in [0.5, 0.6) is 0 Å². The van der Waals surface area contributed by atoms with E-state index >= 15 is 0 Å². The van der Waals surface area contributed by atoms with Crippen LogP contribution in [0, 0.1) is 5.92 Å². The fourth-order valence-corrected chi connectivity index (χ4v) is 2.54. The van der Waals surface area contributed by atoms with Crippen LogP contribution in [-0.2, 0) is 0 Å². The molecule has 0 spiro atoms. The van der Waals surface area contributed by atoms with Crippen LogP contribution in [0.3, 0.4) is 0 Å². The van der Waals surface area contributed by atoms with Gasteiger partial charge in [0.2, 0.25) is 0 Å². The van der Waals surface area contributed by atoms with Crippen molar-refractivity contribution < 1.29 is 0 Å². The molecule has 1 aliphatic heterocycles. The predicted molar refractivity (Wildman–Crippen MR) is 71.8 cm³/mol. The van der Waals surface area contributed by atoms with Gasteiger partial charge in [-0.1, -0.05) is 26.7 Å². The number of likely N-dealkylation sites (tertiary alicyclic amines) is 1. The molecule has 0 aromatic carbocycles. The maximum absolute atomic E-state index is 3.54. The maximum atomic E-state index is 3.54. The molecule has 1 saturated heterocycles. The van der Waals surface area contributed by atoms with Crippen molar-refractivity contribution in [3.63, 3.8) is 0 Å². The summed E-state index contributed by atoms with van der Waals surface area (Å²) in [5.41, 5.74) is 0. The lowest BCUT2D eigenvalue weighted by atomic mass is 10.0. The molecular formula is C14H30N2. The Bertz CT molecular complexity index is 162. The lowest BCUT2D eigenvalue weighted by Gasteiger charge is -2.32. The van der Waals surface area contributed by atoms with Crippen LogP contribution in [0.25, 0.3) is 0 Å². The van der Waals surface area contributed by atoms with E-state index < -0.39 is 0 Å². The summed E-state index contributed by atoms with van der Waals surface area (Å²) in [5.74, 6) is 0.768. The van der Waals surface area contributed by atoms with Crippen LogP contribution in [0.15, 0.2) is 0 Å². The van der Waals surface area contributed by atoms with Gasteiger partial charge in [0, 0.05) is 6.04 Å². The second-order valence-electron chi connectivity index (χ2n) is 5.37. The van der Waals surface area contributed by atoms with Gasteiger partial charge in [-0.25, -0.2) is 0 Å². The highest BCUT2D eigenvalue weighted by Crippen LogP contribution is 2.16. The number of nitrogens with one attached hydrogen (secondary N) is 1. The van der Waals surface area contributed by atoms with Crippen LogP contribution < -0.4 is 5.32 Å². The van der Waals surface area contributed by atoms with Crippen molar-refractivity contribution in [1.29, 1.82) is 0 Å². The van der Waals surface area contributed by atoms with Gasteiger partial charge in [-0.2, -0.15) is 0 Å². The van der Waals surface area contributed by atoms with Gasteiger partial charge >= 0.3 is 0 Å². The zero-order valence-corrected chi connectivity index (χ0v) is 11.5. The SMILES string of the molecule is CCCNCC(C)C(C)N1CCCCCC1. The molecule has 2 heteroatoms. The Hall–Kier alpha value is -0.0800. The normalized spacial score (nSPS) is 22.7. The van der Waals surface area contributed by atoms with Crippen molar-refractivity contribution in [2.45, 2.75) is 58.9 Å². The summed E-state index contributed by atoms with van der Waals surface area (Å²) >= 11 is 0. The first-order valence-corrected chi connectivity index (χ1v) is 7.20. The van der Waals surface area contributed by atoms with Crippen molar-refractivity contribution in [2.24, 2.45) is 5.92 Å². The minimum Gasteiger partial charge on any atom is -0.316 e. The largest absolute Gasteiger partial charge is 0.316 e. The van der Waals surface area contributed by atoms with Gasteiger partial charge in [0.25, 0.3) is 0 Å². The summed E-state index contributed by atoms with van der Waals surface area (Å²) in [6, 6.07) is 0.738. The topological polar surface area (TPSA) is 15.3 Å². The van der Waals surface area contributed by atoms with E-state index in [1.54, 1.807) is 0 Å². The third kappa shape index (κ3) is 4.84. The number of hydrogen-bond donors (Lipinski definition) is 1. The van der Waals surface area contributed by atoms with E-state index in [0.29, 0.717) is 0 Å². The first-order chi connectivity index (χ1) is 7.75. The summed E-state index contributed by atoms with van der Waals surface area (Å²) in [5, 5.41) is 3.54. The summed E-state index contributed by atoms with van der Waals surface area (Å²) in [6.45, 7) is 12.0. The molecule has 0 aromatic heterocycles. The zero-order chi connectivity index (χ0) is 11.8. The van der Waals surface area contributed by atoms with E-state index in [4.69, 9.17) is 0 Å². The quantitative estimate of drug-likeness (QED) is 0.701. The average molecular weight is 226 g/mol. The molecule has 1 heterocycles. The molecule has 1 rings (SSSR count). The molecule has 0 amide bonds. The van der Waals surface area contributed by atoms with Crippen LogP contribution in [0.1, 0.15) is 52.9 Å². The minimum atomic E-state index is 0.738. The molecule has 2 nitrogen and oxygen atoms in total. The second-order valence-corrected chi connectivity index (χ2v) is 5.37. The Morgan fingerprint density at radius 1 is 1.06 bits per heavy atom. The third-order valence-corrected chi connectivity index (χ3v) is 3.93. The maximum Gasteiger partial charge on any atom is 0.0105 e. The van der Waals surface area contributed by atoms with Gasteiger partial charge < -0.3 is 10.2 Å². The summed E-state index contributed by atoms with van der Waals surface area (Å²) in [4.78, 5) is 2.70. The summed E-state index contributed by atoms with van der Waals surface area (Å²) < 4.78 is 0. The van der Waals surface area contributed by atoms with Crippen molar-refractivity contribution >= 4 is 0 Å². The first kappa shape index (κ1) is 14.0. The molecule has 0 radical (unpaired) electrons. The third-order valence-electron chi connectivity index (χ3n) is 3.93. The smallest absolute Gasteiger partial charge is 0.0105 e. The molecule has 2 unspecified atom stereocenters. The van der Waals surface area contributed by atoms with E-state index in [0.717, 1.165) is 18.5 Å². The van der Waals surface area contributed by atoms with Crippen LogP contribution in [0.2, 0.25) is 0 Å². The van der Waals surface area contributed by atoms with Crippen molar-refractivity contribution in [3.05, 3.63) is 0 Å². The molecule has 96 valence electrons.